The third-order valence-corrected chi connectivity index (χ3v) is 1.34. The van der Waals surface area contributed by atoms with Crippen LogP contribution < -0.4 is 0 Å². The third kappa shape index (κ3) is 1.54. The molecule has 1 rings (SSSR count). The lowest BCUT2D eigenvalue weighted by atomic mass is 10.1. The predicted molar refractivity (Wildman–Crippen MR) is 34.1 cm³/mol. The Morgan fingerprint density at radius 1 is 1.17 bits per heavy atom. The summed E-state index contributed by atoms with van der Waals surface area (Å²) in [7, 11) is 0. The zero-order chi connectivity index (χ0) is 9.19. The molecule has 0 aliphatic carbocycles. The van der Waals surface area contributed by atoms with Gasteiger partial charge in [-0.1, -0.05) is 0 Å². The lowest BCUT2D eigenvalue weighted by molar-refractivity contribution is -0.135. The quantitative estimate of drug-likeness (QED) is 0.635. The van der Waals surface area contributed by atoms with Crippen molar-refractivity contribution in [3.05, 3.63) is 30.1 Å². The van der Waals surface area contributed by atoms with E-state index in [2.05, 4.69) is 4.98 Å². The number of aromatic nitrogens is 1. The molecule has 66 valence electrons. The minimum Gasteiger partial charge on any atom is -0.265 e. The molecule has 5 heteroatoms. The summed E-state index contributed by atoms with van der Waals surface area (Å²) in [6, 6.07) is 1.73. The molecule has 12 heavy (non-hydrogen) atoms. The lowest BCUT2D eigenvalue weighted by Gasteiger charge is -2.14. The van der Waals surface area contributed by atoms with Gasteiger partial charge < -0.3 is 0 Å². The van der Waals surface area contributed by atoms with Gasteiger partial charge in [-0.15, -0.1) is 0 Å². The number of rotatable bonds is 2. The summed E-state index contributed by atoms with van der Waals surface area (Å²) in [6.07, 6.45) is -1.59. The van der Waals surface area contributed by atoms with Gasteiger partial charge in [-0.05, 0) is 12.1 Å². The average molecular weight is 179 g/mol. The Balaban J connectivity index is 2.98. The molecule has 0 spiro atoms. The molecule has 0 radical (unpaired) electrons. The van der Waals surface area contributed by atoms with E-state index < -0.39 is 17.9 Å². The van der Waals surface area contributed by atoms with Gasteiger partial charge in [-0.3, -0.25) is 4.98 Å². The van der Waals surface area contributed by atoms with E-state index in [1.165, 1.54) is 0 Å². The van der Waals surface area contributed by atoms with E-state index in [1.807, 2.05) is 0 Å². The summed E-state index contributed by atoms with van der Waals surface area (Å²) in [6.45, 7) is 0. The number of nitrogens with zero attached hydrogens (tertiary/aromatic N) is 1. The first-order chi connectivity index (χ1) is 5.55. The van der Waals surface area contributed by atoms with Crippen molar-refractivity contribution >= 4 is 0 Å². The van der Waals surface area contributed by atoms with Gasteiger partial charge in [-0.25, -0.2) is 8.78 Å². The predicted octanol–water partition coefficient (Wildman–Crippen LogP) is 2.44. The molecule has 1 heterocycles. The van der Waals surface area contributed by atoms with Crippen molar-refractivity contribution in [2.75, 3.05) is 0 Å². The Morgan fingerprint density at radius 3 is 2.08 bits per heavy atom. The van der Waals surface area contributed by atoms with E-state index in [-0.39, 0.29) is 0 Å². The highest BCUT2D eigenvalue weighted by atomic mass is 19.3. The molecule has 0 saturated carbocycles. The molecule has 0 aliphatic rings. The summed E-state index contributed by atoms with van der Waals surface area (Å²) in [5, 5.41) is 0. The molecule has 1 nitrogen and oxygen atoms in total. The van der Waals surface area contributed by atoms with Gasteiger partial charge in [0.05, 0.1) is 0 Å². The molecular formula is C7H5F4N. The molecule has 0 fully saturated rings. The van der Waals surface area contributed by atoms with Crippen LogP contribution in [0.4, 0.5) is 17.6 Å². The molecule has 0 atom stereocenters. The summed E-state index contributed by atoms with van der Waals surface area (Å²) < 4.78 is 48.5. The molecule has 0 aromatic carbocycles. The van der Waals surface area contributed by atoms with E-state index in [9.17, 15) is 17.6 Å². The molecular weight excluding hydrogens is 174 g/mol. The fourth-order valence-corrected chi connectivity index (χ4v) is 0.700. The third-order valence-electron chi connectivity index (χ3n) is 1.34. The van der Waals surface area contributed by atoms with Gasteiger partial charge in [0.1, 0.15) is 0 Å². The first-order valence-electron chi connectivity index (χ1n) is 3.11. The first kappa shape index (κ1) is 8.96. The van der Waals surface area contributed by atoms with E-state index in [0.29, 0.717) is 0 Å². The van der Waals surface area contributed by atoms with E-state index in [4.69, 9.17) is 0 Å². The molecule has 0 saturated heterocycles. The zero-order valence-corrected chi connectivity index (χ0v) is 5.85. The van der Waals surface area contributed by atoms with Crippen LogP contribution in [0, 0.1) is 0 Å². The molecule has 0 amide bonds. The Kier molecular flexibility index (Phi) is 2.30. The summed E-state index contributed by atoms with van der Waals surface area (Å²) in [5.74, 6) is -4.08. The summed E-state index contributed by atoms with van der Waals surface area (Å²) >= 11 is 0. The van der Waals surface area contributed by atoms with Crippen LogP contribution >= 0.6 is 0 Å². The Labute approximate surface area is 66.0 Å². The van der Waals surface area contributed by atoms with Crippen LogP contribution in [0.2, 0.25) is 0 Å². The highest BCUT2D eigenvalue weighted by Crippen LogP contribution is 2.33. The second kappa shape index (κ2) is 3.08. The number of hydrogen-bond acceptors (Lipinski definition) is 1. The fraction of sp³-hybridized carbons (Fsp3) is 0.286. The van der Waals surface area contributed by atoms with E-state index in [1.54, 1.807) is 0 Å². The number of alkyl halides is 4. The lowest BCUT2D eigenvalue weighted by Crippen LogP contribution is -2.23. The monoisotopic (exact) mass is 179 g/mol. The van der Waals surface area contributed by atoms with Crippen LogP contribution in [0.25, 0.3) is 0 Å². The largest absolute Gasteiger partial charge is 0.332 e. The van der Waals surface area contributed by atoms with Crippen molar-refractivity contribution < 1.29 is 17.6 Å². The normalized spacial score (nSPS) is 12.1. The Hall–Kier alpha value is -1.13. The van der Waals surface area contributed by atoms with Crippen LogP contribution in [0.5, 0.6) is 0 Å². The molecule has 0 unspecified atom stereocenters. The van der Waals surface area contributed by atoms with Crippen LogP contribution in [0.15, 0.2) is 24.5 Å². The van der Waals surface area contributed by atoms with Crippen LogP contribution in [0.3, 0.4) is 0 Å². The standard InChI is InChI=1S/C7H5F4N/c8-6(9)7(10,11)5-1-3-12-4-2-5/h1-4,6H. The summed E-state index contributed by atoms with van der Waals surface area (Å²) in [5.41, 5.74) is -0.715. The Morgan fingerprint density at radius 2 is 1.67 bits per heavy atom. The zero-order valence-electron chi connectivity index (χ0n) is 5.85. The second-order valence-electron chi connectivity index (χ2n) is 2.16. The maximum atomic E-state index is 12.5. The van der Waals surface area contributed by atoms with Gasteiger partial charge in [0.15, 0.2) is 0 Å². The van der Waals surface area contributed by atoms with Crippen molar-refractivity contribution in [2.24, 2.45) is 0 Å². The van der Waals surface area contributed by atoms with E-state index >= 15 is 0 Å². The maximum Gasteiger partial charge on any atom is 0.332 e. The molecule has 1 aromatic heterocycles. The second-order valence-corrected chi connectivity index (χ2v) is 2.16. The first-order valence-corrected chi connectivity index (χ1v) is 3.11. The van der Waals surface area contributed by atoms with Gasteiger partial charge in [0.25, 0.3) is 0 Å². The highest BCUT2D eigenvalue weighted by molar-refractivity contribution is 5.16. The smallest absolute Gasteiger partial charge is 0.265 e. The minimum absolute atomic E-state index is 0.715. The van der Waals surface area contributed by atoms with Gasteiger partial charge in [-0.2, -0.15) is 8.78 Å². The molecule has 0 N–H and O–H groups in total. The van der Waals surface area contributed by atoms with Gasteiger partial charge >= 0.3 is 12.3 Å². The number of halogens is 4. The Bertz CT molecular complexity index is 247. The topological polar surface area (TPSA) is 12.9 Å². The van der Waals surface area contributed by atoms with Crippen molar-refractivity contribution in [3.8, 4) is 0 Å². The van der Waals surface area contributed by atoms with Crippen LogP contribution in [-0.4, -0.2) is 11.4 Å². The summed E-state index contributed by atoms with van der Waals surface area (Å²) in [4.78, 5) is 3.44. The van der Waals surface area contributed by atoms with Crippen molar-refractivity contribution in [2.45, 2.75) is 12.3 Å². The van der Waals surface area contributed by atoms with E-state index in [0.717, 1.165) is 24.5 Å². The number of pyridine rings is 1. The average Bonchev–Trinajstić information content (AvgIpc) is 2.06. The van der Waals surface area contributed by atoms with Gasteiger partial charge in [0, 0.05) is 18.0 Å². The molecule has 0 bridgehead atoms. The van der Waals surface area contributed by atoms with Gasteiger partial charge in [0.2, 0.25) is 0 Å². The van der Waals surface area contributed by atoms with Crippen molar-refractivity contribution in [1.82, 2.24) is 4.98 Å². The van der Waals surface area contributed by atoms with Crippen molar-refractivity contribution in [1.29, 1.82) is 0 Å². The highest BCUT2D eigenvalue weighted by Gasteiger charge is 2.42. The number of hydrogen-bond donors (Lipinski definition) is 0. The van der Waals surface area contributed by atoms with Crippen LogP contribution in [0.1, 0.15) is 5.56 Å². The SMILES string of the molecule is FC(F)C(F)(F)c1ccncc1. The minimum atomic E-state index is -4.08. The fourth-order valence-electron chi connectivity index (χ4n) is 0.700. The molecule has 1 aromatic rings. The molecule has 0 aliphatic heterocycles. The van der Waals surface area contributed by atoms with Crippen LogP contribution in [-0.2, 0) is 5.92 Å². The maximum absolute atomic E-state index is 12.5. The van der Waals surface area contributed by atoms with Crippen molar-refractivity contribution in [3.63, 3.8) is 0 Å².